The van der Waals surface area contributed by atoms with Crippen LogP contribution >= 0.6 is 0 Å². The molecule has 0 saturated carbocycles. The van der Waals surface area contributed by atoms with Crippen molar-refractivity contribution in [1.29, 1.82) is 0 Å². The average Bonchev–Trinajstić information content (AvgIpc) is 2.84. The van der Waals surface area contributed by atoms with Crippen LogP contribution in [-0.2, 0) is 16.0 Å². The number of hydrogen-bond acceptors (Lipinski definition) is 5. The fourth-order valence-electron chi connectivity index (χ4n) is 1.87. The second-order valence-electron chi connectivity index (χ2n) is 4.28. The highest BCUT2D eigenvalue weighted by molar-refractivity contribution is 6.31. The monoisotopic (exact) mass is 277 g/mol. The number of benzene rings is 1. The van der Waals surface area contributed by atoms with E-state index < -0.39 is 5.91 Å². The Morgan fingerprint density at radius 3 is 2.80 bits per heavy atom. The highest BCUT2D eigenvalue weighted by atomic mass is 16.6. The van der Waals surface area contributed by atoms with Gasteiger partial charge in [0, 0.05) is 12.2 Å². The molecule has 0 bridgehead atoms. The Morgan fingerprint density at radius 1 is 1.45 bits per heavy atom. The molecular weight excluding hydrogens is 262 g/mol. The van der Waals surface area contributed by atoms with E-state index in [1.165, 1.54) is 0 Å². The zero-order chi connectivity index (χ0) is 14.4. The molecule has 7 heteroatoms. The number of oxime groups is 1. The lowest BCUT2D eigenvalue weighted by atomic mass is 10.1. The summed E-state index contributed by atoms with van der Waals surface area (Å²) in [5, 5.41) is 13.4. The van der Waals surface area contributed by atoms with Crippen LogP contribution in [0.3, 0.4) is 0 Å². The van der Waals surface area contributed by atoms with Gasteiger partial charge in [0.15, 0.2) is 0 Å². The molecule has 1 aliphatic rings. The van der Waals surface area contributed by atoms with Gasteiger partial charge in [0.05, 0.1) is 6.54 Å². The predicted octanol–water partition coefficient (Wildman–Crippen LogP) is 1.08. The Balaban J connectivity index is 1.85. The number of carbonyl (C=O) groups excluding carboxylic acids is 2. The zero-order valence-electron chi connectivity index (χ0n) is 10.8. The summed E-state index contributed by atoms with van der Waals surface area (Å²) in [7, 11) is 0. The Kier molecular flexibility index (Phi) is 4.54. The van der Waals surface area contributed by atoms with Crippen LogP contribution in [0.1, 0.15) is 5.56 Å². The summed E-state index contributed by atoms with van der Waals surface area (Å²) in [6.07, 6.45) is 1.24. The molecule has 0 aliphatic carbocycles. The lowest BCUT2D eigenvalue weighted by Crippen LogP contribution is -2.26. The van der Waals surface area contributed by atoms with E-state index in [0.717, 1.165) is 18.2 Å². The molecule has 0 aromatic heterocycles. The molecule has 2 amide bonds. The summed E-state index contributed by atoms with van der Waals surface area (Å²) < 4.78 is 4.85. The molecule has 1 fully saturated rings. The molecule has 2 rings (SSSR count). The van der Waals surface area contributed by atoms with E-state index >= 15 is 0 Å². The quantitative estimate of drug-likeness (QED) is 0.478. The Morgan fingerprint density at radius 2 is 2.20 bits per heavy atom. The summed E-state index contributed by atoms with van der Waals surface area (Å²) in [6, 6.07) is 7.24. The SMILES string of the molecule is O=C(/C=N/O)Nc1ccc(CCN2CCOC2=O)cc1. The van der Waals surface area contributed by atoms with Crippen molar-refractivity contribution in [2.45, 2.75) is 6.42 Å². The minimum Gasteiger partial charge on any atom is -0.448 e. The molecule has 2 N–H and O–H groups in total. The lowest BCUT2D eigenvalue weighted by Gasteiger charge is -2.12. The maximum absolute atomic E-state index is 11.3. The van der Waals surface area contributed by atoms with Crippen molar-refractivity contribution in [1.82, 2.24) is 4.90 Å². The van der Waals surface area contributed by atoms with Crippen LogP contribution in [0.25, 0.3) is 0 Å². The van der Waals surface area contributed by atoms with Crippen molar-refractivity contribution in [3.05, 3.63) is 29.8 Å². The van der Waals surface area contributed by atoms with Crippen LogP contribution in [0.5, 0.6) is 0 Å². The van der Waals surface area contributed by atoms with E-state index in [2.05, 4.69) is 10.5 Å². The highest BCUT2D eigenvalue weighted by Crippen LogP contribution is 2.11. The highest BCUT2D eigenvalue weighted by Gasteiger charge is 2.20. The van der Waals surface area contributed by atoms with Gasteiger partial charge in [-0.25, -0.2) is 4.79 Å². The standard InChI is InChI=1S/C13H15N3O4/c17-12(9-14-19)15-11-3-1-10(2-4-11)5-6-16-7-8-20-13(16)18/h1-4,9,19H,5-8H2,(H,15,17)/b14-9+. The maximum atomic E-state index is 11.3. The number of anilines is 1. The van der Waals surface area contributed by atoms with Crippen LogP contribution in [0, 0.1) is 0 Å². The first-order valence-corrected chi connectivity index (χ1v) is 6.18. The molecule has 0 atom stereocenters. The van der Waals surface area contributed by atoms with Gasteiger partial charge < -0.3 is 20.2 Å². The molecule has 7 nitrogen and oxygen atoms in total. The summed E-state index contributed by atoms with van der Waals surface area (Å²) in [4.78, 5) is 24.1. The van der Waals surface area contributed by atoms with E-state index in [0.29, 0.717) is 25.4 Å². The first kappa shape index (κ1) is 13.9. The molecule has 1 aliphatic heterocycles. The smallest absolute Gasteiger partial charge is 0.409 e. The number of hydrogen-bond donors (Lipinski definition) is 2. The fraction of sp³-hybridized carbons (Fsp3) is 0.308. The first-order valence-electron chi connectivity index (χ1n) is 6.18. The van der Waals surface area contributed by atoms with Crippen molar-refractivity contribution in [2.24, 2.45) is 5.16 Å². The number of nitrogens with zero attached hydrogens (tertiary/aromatic N) is 2. The third kappa shape index (κ3) is 3.71. The topological polar surface area (TPSA) is 91.2 Å². The Labute approximate surface area is 115 Å². The van der Waals surface area contributed by atoms with Crippen LogP contribution in [0.4, 0.5) is 10.5 Å². The second-order valence-corrected chi connectivity index (χ2v) is 4.28. The van der Waals surface area contributed by atoms with Crippen LogP contribution in [-0.4, -0.2) is 48.0 Å². The molecule has 0 radical (unpaired) electrons. The zero-order valence-corrected chi connectivity index (χ0v) is 10.8. The maximum Gasteiger partial charge on any atom is 0.409 e. The molecule has 20 heavy (non-hydrogen) atoms. The van der Waals surface area contributed by atoms with Gasteiger partial charge in [-0.2, -0.15) is 0 Å². The molecule has 106 valence electrons. The average molecular weight is 277 g/mol. The predicted molar refractivity (Wildman–Crippen MR) is 72.0 cm³/mol. The summed E-state index contributed by atoms with van der Waals surface area (Å²) in [5.41, 5.74) is 1.66. The van der Waals surface area contributed by atoms with Crippen LogP contribution in [0.2, 0.25) is 0 Å². The van der Waals surface area contributed by atoms with Crippen molar-refractivity contribution in [3.8, 4) is 0 Å². The summed E-state index contributed by atoms with van der Waals surface area (Å²) in [6.45, 7) is 1.70. The van der Waals surface area contributed by atoms with Gasteiger partial charge in [0.25, 0.3) is 5.91 Å². The largest absolute Gasteiger partial charge is 0.448 e. The number of amides is 2. The van der Waals surface area contributed by atoms with E-state index in [1.54, 1.807) is 17.0 Å². The Hall–Kier alpha value is -2.57. The number of ether oxygens (including phenoxy) is 1. The third-order valence-corrected chi connectivity index (χ3v) is 2.91. The van der Waals surface area contributed by atoms with Gasteiger partial charge in [-0.15, -0.1) is 0 Å². The van der Waals surface area contributed by atoms with Crippen molar-refractivity contribution in [2.75, 3.05) is 25.0 Å². The molecule has 1 aromatic carbocycles. The summed E-state index contributed by atoms with van der Waals surface area (Å²) >= 11 is 0. The normalized spacial score (nSPS) is 14.6. The van der Waals surface area contributed by atoms with Crippen LogP contribution in [0.15, 0.2) is 29.4 Å². The van der Waals surface area contributed by atoms with E-state index in [9.17, 15) is 9.59 Å². The van der Waals surface area contributed by atoms with Gasteiger partial charge in [-0.3, -0.25) is 4.79 Å². The van der Waals surface area contributed by atoms with Gasteiger partial charge >= 0.3 is 6.09 Å². The van der Waals surface area contributed by atoms with E-state index in [-0.39, 0.29) is 6.09 Å². The Bertz CT molecular complexity index is 513. The van der Waals surface area contributed by atoms with Gasteiger partial charge in [0.1, 0.15) is 12.8 Å². The van der Waals surface area contributed by atoms with E-state index in [1.807, 2.05) is 12.1 Å². The number of cyclic esters (lactones) is 1. The minimum absolute atomic E-state index is 0.267. The fourth-order valence-corrected chi connectivity index (χ4v) is 1.87. The molecule has 0 spiro atoms. The minimum atomic E-state index is -0.500. The first-order chi connectivity index (χ1) is 9.69. The molecule has 1 aromatic rings. The van der Waals surface area contributed by atoms with Crippen molar-refractivity contribution in [3.63, 3.8) is 0 Å². The van der Waals surface area contributed by atoms with Gasteiger partial charge in [-0.05, 0) is 24.1 Å². The molecular formula is C13H15N3O4. The number of rotatable bonds is 5. The number of carbonyl (C=O) groups is 2. The molecule has 0 unspecified atom stereocenters. The summed E-state index contributed by atoms with van der Waals surface area (Å²) in [5.74, 6) is -0.500. The van der Waals surface area contributed by atoms with E-state index in [4.69, 9.17) is 9.94 Å². The van der Waals surface area contributed by atoms with Crippen molar-refractivity contribution >= 4 is 23.9 Å². The van der Waals surface area contributed by atoms with Gasteiger partial charge in [-0.1, -0.05) is 17.3 Å². The number of nitrogens with one attached hydrogen (secondary N) is 1. The third-order valence-electron chi connectivity index (χ3n) is 2.91. The van der Waals surface area contributed by atoms with Crippen LogP contribution < -0.4 is 5.32 Å². The lowest BCUT2D eigenvalue weighted by molar-refractivity contribution is -0.110. The molecule has 1 heterocycles. The molecule has 1 saturated heterocycles. The van der Waals surface area contributed by atoms with Gasteiger partial charge in [0.2, 0.25) is 0 Å². The van der Waals surface area contributed by atoms with Crippen molar-refractivity contribution < 1.29 is 19.5 Å². The second kappa shape index (κ2) is 6.55.